The van der Waals surface area contributed by atoms with Crippen molar-refractivity contribution in [2.45, 2.75) is 83.5 Å². The summed E-state index contributed by atoms with van der Waals surface area (Å²) in [6, 6.07) is 5.12. The number of nitrogens with zero attached hydrogens (tertiary/aromatic N) is 3. The van der Waals surface area contributed by atoms with E-state index >= 15 is 0 Å². The summed E-state index contributed by atoms with van der Waals surface area (Å²) in [6.45, 7) is 15.6. The number of hydrogen-bond donors (Lipinski definition) is 1. The molecule has 8 heteroatoms. The average Bonchev–Trinajstić information content (AvgIpc) is 3.59. The number of carbonyl (C=O) groups excluding carboxylic acids is 3. The molecule has 8 nitrogen and oxygen atoms in total. The first kappa shape index (κ1) is 31.0. The molecule has 1 spiro atoms. The van der Waals surface area contributed by atoms with E-state index in [1.165, 1.54) is 0 Å². The minimum atomic E-state index is -1.04. The van der Waals surface area contributed by atoms with E-state index in [2.05, 4.69) is 13.2 Å². The van der Waals surface area contributed by atoms with Gasteiger partial charge in [-0.25, -0.2) is 0 Å². The van der Waals surface area contributed by atoms with Crippen LogP contribution in [0.1, 0.15) is 63.0 Å². The number of aliphatic hydroxyl groups excluding tert-OH is 1. The summed E-state index contributed by atoms with van der Waals surface area (Å²) in [5, 5.41) is 9.20. The maximum absolute atomic E-state index is 14.7. The normalized spacial score (nSPS) is 26.2. The molecule has 1 aromatic carbocycles. The van der Waals surface area contributed by atoms with E-state index in [0.29, 0.717) is 51.9 Å². The number of ether oxygens (including phenoxy) is 1. The van der Waals surface area contributed by atoms with Gasteiger partial charge in [-0.15, -0.1) is 13.2 Å². The maximum Gasteiger partial charge on any atom is 0.253 e. The molecule has 3 aliphatic heterocycles. The van der Waals surface area contributed by atoms with Crippen LogP contribution in [0, 0.1) is 25.7 Å². The Bertz CT molecular complexity index is 1130. The van der Waals surface area contributed by atoms with Crippen LogP contribution in [0.5, 0.6) is 0 Å². The quantitative estimate of drug-likeness (QED) is 0.255. The minimum absolute atomic E-state index is 0.0784. The van der Waals surface area contributed by atoms with Crippen LogP contribution in [-0.4, -0.2) is 83.2 Å². The number of para-hydroxylation sites is 1. The summed E-state index contributed by atoms with van der Waals surface area (Å²) in [5.74, 6) is -1.70. The Morgan fingerprint density at radius 2 is 1.78 bits per heavy atom. The molecule has 224 valence electrons. The highest BCUT2D eigenvalue weighted by Gasteiger charge is 2.74. The molecule has 0 radical (unpaired) electrons. The van der Waals surface area contributed by atoms with Gasteiger partial charge in [0.25, 0.3) is 5.91 Å². The van der Waals surface area contributed by atoms with Crippen LogP contribution in [-0.2, 0) is 19.1 Å². The molecule has 1 N–H and O–H groups in total. The number of fused-ring (bicyclic) bond motifs is 1. The molecule has 5 atom stereocenters. The lowest BCUT2D eigenvalue weighted by Crippen LogP contribution is -2.57. The molecular weight excluding hydrogens is 518 g/mol. The fraction of sp³-hybridized carbons (Fsp3) is 0.606. The lowest BCUT2D eigenvalue weighted by molar-refractivity contribution is -0.145. The standard InChI is InChI=1S/C33H47N3O5/c1-6-18-34(19-7-2)30(38)26-25-16-17-33(41-25)27(26)31(39)36(21-11-9-10-12-22-37)29(33)32(40)35(20-8-3)28-23(4)14-13-15-24(28)5/h6,8,13-15,25-27,29,37H,1,3,7,9-12,16-22H2,2,4-5H3/t25-,26+,27-,29?,33?/m0/s1. The molecule has 41 heavy (non-hydrogen) atoms. The number of unbranched alkanes of at least 4 members (excludes halogenated alkanes) is 3. The van der Waals surface area contributed by atoms with Crippen molar-refractivity contribution in [3.63, 3.8) is 0 Å². The molecule has 3 saturated heterocycles. The molecule has 3 fully saturated rings. The number of benzene rings is 1. The van der Waals surface area contributed by atoms with Crippen LogP contribution in [0.3, 0.4) is 0 Å². The van der Waals surface area contributed by atoms with Gasteiger partial charge in [0.15, 0.2) is 0 Å². The second-order valence-corrected chi connectivity index (χ2v) is 11.8. The minimum Gasteiger partial charge on any atom is -0.396 e. The molecule has 3 amide bonds. The van der Waals surface area contributed by atoms with E-state index in [1.54, 1.807) is 26.9 Å². The Labute approximate surface area is 245 Å². The van der Waals surface area contributed by atoms with Crippen molar-refractivity contribution in [3.8, 4) is 0 Å². The van der Waals surface area contributed by atoms with E-state index in [9.17, 15) is 19.5 Å². The van der Waals surface area contributed by atoms with Gasteiger partial charge in [0.1, 0.15) is 11.6 Å². The Morgan fingerprint density at radius 3 is 2.41 bits per heavy atom. The van der Waals surface area contributed by atoms with Gasteiger partial charge in [-0.3, -0.25) is 14.4 Å². The summed E-state index contributed by atoms with van der Waals surface area (Å²) < 4.78 is 6.69. The Morgan fingerprint density at radius 1 is 1.10 bits per heavy atom. The van der Waals surface area contributed by atoms with Crippen molar-refractivity contribution in [2.24, 2.45) is 11.8 Å². The van der Waals surface area contributed by atoms with E-state index in [4.69, 9.17) is 4.74 Å². The van der Waals surface area contributed by atoms with Crippen LogP contribution in [0.15, 0.2) is 43.5 Å². The summed E-state index contributed by atoms with van der Waals surface area (Å²) in [5.41, 5.74) is 1.73. The molecule has 3 heterocycles. The van der Waals surface area contributed by atoms with Gasteiger partial charge in [-0.05, 0) is 57.1 Å². The highest BCUT2D eigenvalue weighted by molar-refractivity contribution is 6.05. The Balaban J connectivity index is 1.75. The topological polar surface area (TPSA) is 90.4 Å². The molecule has 2 unspecified atom stereocenters. The van der Waals surface area contributed by atoms with Crippen LogP contribution >= 0.6 is 0 Å². The molecule has 3 aliphatic rings. The number of amides is 3. The third-order valence-electron chi connectivity index (χ3n) is 9.07. The second kappa shape index (κ2) is 13.3. The number of hydrogen-bond acceptors (Lipinski definition) is 5. The fourth-order valence-electron chi connectivity index (χ4n) is 7.43. The number of likely N-dealkylation sites (tertiary alicyclic amines) is 1. The Kier molecular flexibility index (Phi) is 10.1. The van der Waals surface area contributed by atoms with E-state index in [-0.39, 0.29) is 30.4 Å². The van der Waals surface area contributed by atoms with Gasteiger partial charge < -0.3 is 24.5 Å². The smallest absolute Gasteiger partial charge is 0.253 e. The first-order chi connectivity index (χ1) is 19.8. The third kappa shape index (κ3) is 5.61. The number of carbonyl (C=O) groups is 3. The predicted molar refractivity (Wildman–Crippen MR) is 160 cm³/mol. The van der Waals surface area contributed by atoms with Crippen molar-refractivity contribution in [2.75, 3.05) is 37.7 Å². The molecule has 0 aromatic heterocycles. The van der Waals surface area contributed by atoms with Crippen molar-refractivity contribution >= 4 is 23.4 Å². The van der Waals surface area contributed by atoms with Gasteiger partial charge in [0, 0.05) is 38.5 Å². The monoisotopic (exact) mass is 565 g/mol. The summed E-state index contributed by atoms with van der Waals surface area (Å²) in [7, 11) is 0. The number of rotatable bonds is 15. The number of aliphatic hydroxyl groups is 1. The average molecular weight is 566 g/mol. The summed E-state index contributed by atoms with van der Waals surface area (Å²) >= 11 is 0. The number of aryl methyl sites for hydroxylation is 2. The Hall–Kier alpha value is -2.97. The molecule has 0 aliphatic carbocycles. The first-order valence-corrected chi connectivity index (χ1v) is 15.2. The van der Waals surface area contributed by atoms with Crippen LogP contribution in [0.2, 0.25) is 0 Å². The predicted octanol–water partition coefficient (Wildman–Crippen LogP) is 4.17. The van der Waals surface area contributed by atoms with E-state index in [0.717, 1.165) is 36.1 Å². The molecule has 1 aromatic rings. The zero-order valence-electron chi connectivity index (χ0n) is 25.0. The zero-order valence-corrected chi connectivity index (χ0v) is 25.0. The molecular formula is C33H47N3O5. The third-order valence-corrected chi connectivity index (χ3v) is 9.07. The van der Waals surface area contributed by atoms with Crippen molar-refractivity contribution in [1.82, 2.24) is 9.80 Å². The fourth-order valence-corrected chi connectivity index (χ4v) is 7.43. The summed E-state index contributed by atoms with van der Waals surface area (Å²) in [6.07, 6.45) is 8.18. The van der Waals surface area contributed by atoms with Crippen LogP contribution in [0.4, 0.5) is 5.69 Å². The van der Waals surface area contributed by atoms with Gasteiger partial charge >= 0.3 is 0 Å². The molecule has 4 rings (SSSR count). The highest BCUT2D eigenvalue weighted by Crippen LogP contribution is 2.59. The van der Waals surface area contributed by atoms with Gasteiger partial charge in [0.05, 0.1) is 17.9 Å². The van der Waals surface area contributed by atoms with Crippen LogP contribution in [0.25, 0.3) is 0 Å². The SMILES string of the molecule is C=CCN(CCC)C(=O)[C@@H]1[C@@H]2CCC3(O2)C(C(=O)N(CC=C)c2c(C)cccc2C)N(CCCCCCO)C(=O)[C@H]13. The van der Waals surface area contributed by atoms with Gasteiger partial charge in [-0.2, -0.15) is 0 Å². The van der Waals surface area contributed by atoms with Crippen molar-refractivity contribution in [1.29, 1.82) is 0 Å². The van der Waals surface area contributed by atoms with Gasteiger partial charge in [-0.1, -0.05) is 50.1 Å². The lowest BCUT2D eigenvalue weighted by Gasteiger charge is -2.37. The largest absolute Gasteiger partial charge is 0.396 e. The van der Waals surface area contributed by atoms with Gasteiger partial charge in [0.2, 0.25) is 11.8 Å². The van der Waals surface area contributed by atoms with E-state index < -0.39 is 23.5 Å². The van der Waals surface area contributed by atoms with Crippen LogP contribution < -0.4 is 4.90 Å². The highest BCUT2D eigenvalue weighted by atomic mass is 16.5. The first-order valence-electron chi connectivity index (χ1n) is 15.2. The second-order valence-electron chi connectivity index (χ2n) is 11.8. The number of anilines is 1. The van der Waals surface area contributed by atoms with E-state index in [1.807, 2.05) is 39.0 Å². The van der Waals surface area contributed by atoms with Crippen molar-refractivity contribution in [3.05, 3.63) is 54.6 Å². The maximum atomic E-state index is 14.7. The zero-order chi connectivity index (χ0) is 29.7. The summed E-state index contributed by atoms with van der Waals surface area (Å²) in [4.78, 5) is 48.3. The lowest BCUT2D eigenvalue weighted by atomic mass is 9.70. The molecule has 0 saturated carbocycles. The van der Waals surface area contributed by atoms with Crippen molar-refractivity contribution < 1.29 is 24.2 Å². The molecule has 2 bridgehead atoms.